The molecule has 2 rings (SSSR count). The van der Waals surface area contributed by atoms with Crippen LogP contribution in [0, 0.1) is 10.1 Å². The molecule has 27 heavy (non-hydrogen) atoms. The fraction of sp³-hybridized carbons (Fsp3) is 0.467. The van der Waals surface area contributed by atoms with Crippen LogP contribution in [0.5, 0.6) is 0 Å². The Kier molecular flexibility index (Phi) is 5.78. The summed E-state index contributed by atoms with van der Waals surface area (Å²) < 4.78 is 1.98. The number of nitro groups is 1. The fourth-order valence-electron chi connectivity index (χ4n) is 2.55. The number of nitrogens with zero attached hydrogens (tertiary/aromatic N) is 4. The van der Waals surface area contributed by atoms with Gasteiger partial charge in [0.25, 0.3) is 5.56 Å². The third-order valence-corrected chi connectivity index (χ3v) is 3.93. The van der Waals surface area contributed by atoms with E-state index in [1.165, 1.54) is 21.0 Å². The Morgan fingerprint density at radius 2 is 1.93 bits per heavy atom. The number of aryl methyl sites for hydroxylation is 1. The standard InChI is InChI=1S/C15H21N7O5/c1-5-6-7-16-10-9-13(20(3)15(25)21(4)14(9)24)17-12(11(10)22(26)27)19-18-8(2)23/h5-7H2,1-4H3,(H,18,23)(H2,16,17,19). The van der Waals surface area contributed by atoms with Crippen LogP contribution in [0.3, 0.4) is 0 Å². The first-order valence-corrected chi connectivity index (χ1v) is 8.25. The lowest BCUT2D eigenvalue weighted by Gasteiger charge is -2.15. The molecule has 0 aliphatic heterocycles. The normalized spacial score (nSPS) is 10.7. The van der Waals surface area contributed by atoms with E-state index in [0.29, 0.717) is 13.0 Å². The van der Waals surface area contributed by atoms with Crippen LogP contribution < -0.4 is 27.4 Å². The molecule has 0 atom stereocenters. The van der Waals surface area contributed by atoms with E-state index in [1.54, 1.807) is 0 Å². The Hall–Kier alpha value is -3.44. The molecule has 2 aromatic heterocycles. The number of nitrogens with one attached hydrogen (secondary N) is 3. The number of carbonyl (C=O) groups excluding carboxylic acids is 1. The Labute approximate surface area is 153 Å². The molecule has 146 valence electrons. The molecule has 2 aromatic rings. The highest BCUT2D eigenvalue weighted by atomic mass is 16.6. The predicted octanol–water partition coefficient (Wildman–Crippen LogP) is 0.215. The number of amides is 1. The lowest BCUT2D eigenvalue weighted by Crippen LogP contribution is -2.38. The van der Waals surface area contributed by atoms with Gasteiger partial charge in [0.15, 0.2) is 5.65 Å². The molecule has 0 unspecified atom stereocenters. The van der Waals surface area contributed by atoms with Gasteiger partial charge in [0, 0.05) is 27.6 Å². The van der Waals surface area contributed by atoms with Gasteiger partial charge in [-0.25, -0.2) is 9.78 Å². The Morgan fingerprint density at radius 3 is 2.48 bits per heavy atom. The molecule has 0 bridgehead atoms. The van der Waals surface area contributed by atoms with Crippen LogP contribution in [0.15, 0.2) is 9.59 Å². The first-order chi connectivity index (χ1) is 12.7. The molecule has 2 heterocycles. The Balaban J connectivity index is 2.92. The average Bonchev–Trinajstić information content (AvgIpc) is 2.62. The van der Waals surface area contributed by atoms with Gasteiger partial charge in [-0.2, -0.15) is 0 Å². The maximum Gasteiger partial charge on any atom is 0.336 e. The van der Waals surface area contributed by atoms with Crippen molar-refractivity contribution in [1.82, 2.24) is 19.5 Å². The minimum absolute atomic E-state index is 0.0412. The van der Waals surface area contributed by atoms with Crippen LogP contribution in [0.25, 0.3) is 11.0 Å². The lowest BCUT2D eigenvalue weighted by molar-refractivity contribution is -0.383. The van der Waals surface area contributed by atoms with Crippen LogP contribution in [-0.4, -0.2) is 31.5 Å². The molecule has 0 aliphatic rings. The molecular weight excluding hydrogens is 358 g/mol. The molecular formula is C15H21N7O5. The van der Waals surface area contributed by atoms with Crippen molar-refractivity contribution in [1.29, 1.82) is 0 Å². The highest BCUT2D eigenvalue weighted by molar-refractivity contribution is 5.97. The van der Waals surface area contributed by atoms with Crippen molar-refractivity contribution >= 4 is 34.1 Å². The molecule has 3 N–H and O–H groups in total. The van der Waals surface area contributed by atoms with Gasteiger partial charge < -0.3 is 5.32 Å². The van der Waals surface area contributed by atoms with Gasteiger partial charge in [0.2, 0.25) is 11.7 Å². The van der Waals surface area contributed by atoms with Gasteiger partial charge in [-0.1, -0.05) is 13.3 Å². The van der Waals surface area contributed by atoms with E-state index in [9.17, 15) is 24.5 Å². The summed E-state index contributed by atoms with van der Waals surface area (Å²) in [5.74, 6) is -0.783. The van der Waals surface area contributed by atoms with Gasteiger partial charge in [0.1, 0.15) is 11.1 Å². The predicted molar refractivity (Wildman–Crippen MR) is 99.7 cm³/mol. The van der Waals surface area contributed by atoms with Crippen molar-refractivity contribution in [3.63, 3.8) is 0 Å². The summed E-state index contributed by atoms with van der Waals surface area (Å²) in [6, 6.07) is 0. The van der Waals surface area contributed by atoms with Crippen molar-refractivity contribution in [3.8, 4) is 0 Å². The summed E-state index contributed by atoms with van der Waals surface area (Å²) in [6.45, 7) is 3.54. The second kappa shape index (κ2) is 7.85. The van der Waals surface area contributed by atoms with Crippen molar-refractivity contribution in [2.24, 2.45) is 14.1 Å². The molecule has 0 saturated heterocycles. The number of hydrogen-bond acceptors (Lipinski definition) is 8. The van der Waals surface area contributed by atoms with E-state index in [0.717, 1.165) is 15.6 Å². The van der Waals surface area contributed by atoms with E-state index >= 15 is 0 Å². The minimum atomic E-state index is -0.700. The summed E-state index contributed by atoms with van der Waals surface area (Å²) in [7, 11) is 2.69. The zero-order chi connectivity index (χ0) is 20.3. The third kappa shape index (κ3) is 3.73. The van der Waals surface area contributed by atoms with E-state index in [1.807, 2.05) is 6.92 Å². The maximum absolute atomic E-state index is 12.7. The average molecular weight is 379 g/mol. The zero-order valence-electron chi connectivity index (χ0n) is 15.5. The summed E-state index contributed by atoms with van der Waals surface area (Å²) in [4.78, 5) is 51.1. The lowest BCUT2D eigenvalue weighted by atomic mass is 10.2. The smallest absolute Gasteiger partial charge is 0.336 e. The highest BCUT2D eigenvalue weighted by Gasteiger charge is 2.28. The van der Waals surface area contributed by atoms with Gasteiger partial charge in [-0.05, 0) is 6.42 Å². The number of anilines is 2. The quantitative estimate of drug-likeness (QED) is 0.351. The molecule has 12 nitrogen and oxygen atoms in total. The topological polar surface area (TPSA) is 153 Å². The van der Waals surface area contributed by atoms with Gasteiger partial charge in [0.05, 0.1) is 4.92 Å². The van der Waals surface area contributed by atoms with E-state index < -0.39 is 27.8 Å². The second-order valence-electron chi connectivity index (χ2n) is 5.93. The number of carbonyl (C=O) groups is 1. The van der Waals surface area contributed by atoms with Gasteiger partial charge in [-0.3, -0.25) is 39.7 Å². The summed E-state index contributed by atoms with van der Waals surface area (Å²) >= 11 is 0. The minimum Gasteiger partial charge on any atom is -0.379 e. The summed E-state index contributed by atoms with van der Waals surface area (Å²) in [6.07, 6.45) is 1.54. The van der Waals surface area contributed by atoms with E-state index in [-0.39, 0.29) is 22.5 Å². The molecule has 0 saturated carbocycles. The Bertz CT molecular complexity index is 1020. The molecule has 0 radical (unpaired) electrons. The number of hydrogen-bond donors (Lipinski definition) is 3. The number of hydrazine groups is 1. The number of fused-ring (bicyclic) bond motifs is 1. The molecule has 0 spiro atoms. The molecule has 0 aromatic carbocycles. The second-order valence-corrected chi connectivity index (χ2v) is 5.93. The maximum atomic E-state index is 12.7. The molecule has 0 aliphatic carbocycles. The van der Waals surface area contributed by atoms with Crippen LogP contribution in [0.2, 0.25) is 0 Å². The van der Waals surface area contributed by atoms with Crippen LogP contribution in [0.4, 0.5) is 17.2 Å². The van der Waals surface area contributed by atoms with Crippen LogP contribution >= 0.6 is 0 Å². The van der Waals surface area contributed by atoms with Gasteiger partial charge >= 0.3 is 11.4 Å². The monoisotopic (exact) mass is 379 g/mol. The highest BCUT2D eigenvalue weighted by Crippen LogP contribution is 2.35. The number of rotatable bonds is 7. The number of unbranched alkanes of at least 4 members (excludes halogenated alkanes) is 1. The van der Waals surface area contributed by atoms with Gasteiger partial charge in [-0.15, -0.1) is 0 Å². The first-order valence-electron chi connectivity index (χ1n) is 8.25. The summed E-state index contributed by atoms with van der Waals surface area (Å²) in [5.41, 5.74) is 2.69. The first kappa shape index (κ1) is 19.9. The van der Waals surface area contributed by atoms with Crippen LogP contribution in [0.1, 0.15) is 26.7 Å². The SMILES string of the molecule is CCCCNc1c([N+](=O)[O-])c(NNC(C)=O)nc2c1c(=O)n(C)c(=O)n2C. The van der Waals surface area contributed by atoms with E-state index in [4.69, 9.17) is 0 Å². The van der Waals surface area contributed by atoms with Crippen molar-refractivity contribution in [2.45, 2.75) is 26.7 Å². The third-order valence-electron chi connectivity index (χ3n) is 3.93. The Morgan fingerprint density at radius 1 is 1.26 bits per heavy atom. The number of pyridine rings is 1. The zero-order valence-corrected chi connectivity index (χ0v) is 15.5. The van der Waals surface area contributed by atoms with Crippen molar-refractivity contribution in [3.05, 3.63) is 31.0 Å². The van der Waals surface area contributed by atoms with Crippen molar-refractivity contribution in [2.75, 3.05) is 17.3 Å². The molecule has 12 heteroatoms. The molecule has 1 amide bonds. The van der Waals surface area contributed by atoms with Crippen LogP contribution in [-0.2, 0) is 18.9 Å². The number of aromatic nitrogens is 3. The summed E-state index contributed by atoms with van der Waals surface area (Å²) in [5, 5.41) is 14.6. The van der Waals surface area contributed by atoms with Crippen molar-refractivity contribution < 1.29 is 9.72 Å². The fourth-order valence-corrected chi connectivity index (χ4v) is 2.55. The van der Waals surface area contributed by atoms with E-state index in [2.05, 4.69) is 21.2 Å². The molecule has 0 fully saturated rings. The largest absolute Gasteiger partial charge is 0.379 e.